The molecule has 8 heteroatoms. The molecule has 0 aromatic rings. The van der Waals surface area contributed by atoms with E-state index in [0.29, 0.717) is 32.7 Å². The van der Waals surface area contributed by atoms with Gasteiger partial charge in [0.15, 0.2) is 0 Å². The third kappa shape index (κ3) is 4.69. The summed E-state index contributed by atoms with van der Waals surface area (Å²) in [6, 6.07) is 0.128. The summed E-state index contributed by atoms with van der Waals surface area (Å²) >= 11 is 0. The van der Waals surface area contributed by atoms with Gasteiger partial charge in [-0.15, -0.1) is 0 Å². The molecular formula is C12H22N2O5S. The largest absolute Gasteiger partial charge is 0.748 e. The maximum Gasteiger partial charge on any atom is 0.417 e. The molecule has 2 fully saturated rings. The zero-order chi connectivity index (χ0) is 14.6. The molecule has 2 amide bonds. The quantitative estimate of drug-likeness (QED) is 0.652. The summed E-state index contributed by atoms with van der Waals surface area (Å²) in [5.41, 5.74) is 0. The molecule has 0 atom stereocenters. The molecule has 0 aliphatic carbocycles. The third-order valence-corrected chi connectivity index (χ3v) is 4.82. The summed E-state index contributed by atoms with van der Waals surface area (Å²) in [4.78, 5) is 15.0. The Labute approximate surface area is 119 Å². The molecule has 0 aromatic carbocycles. The number of nitrogens with one attached hydrogen (secondary N) is 1. The second-order valence-corrected chi connectivity index (χ2v) is 7.03. The second-order valence-electron chi connectivity index (χ2n) is 5.50. The maximum absolute atomic E-state index is 12.3. The van der Waals surface area contributed by atoms with Crippen molar-refractivity contribution in [2.45, 2.75) is 19.3 Å². The summed E-state index contributed by atoms with van der Waals surface area (Å²) in [7, 11) is -4.12. The highest BCUT2D eigenvalue weighted by Gasteiger charge is 2.31. The fourth-order valence-corrected chi connectivity index (χ4v) is 3.45. The number of hydrogen-bond donors (Lipinski definition) is 1. The minimum atomic E-state index is -4.12. The van der Waals surface area contributed by atoms with Crippen LogP contribution in [-0.2, 0) is 14.9 Å². The van der Waals surface area contributed by atoms with Crippen molar-refractivity contribution < 1.29 is 27.4 Å². The lowest BCUT2D eigenvalue weighted by Gasteiger charge is -2.32. The van der Waals surface area contributed by atoms with Gasteiger partial charge in [0.2, 0.25) is 0 Å². The first-order valence-corrected chi connectivity index (χ1v) is 8.69. The van der Waals surface area contributed by atoms with Gasteiger partial charge in [0, 0.05) is 31.7 Å². The Morgan fingerprint density at radius 2 is 1.85 bits per heavy atom. The van der Waals surface area contributed by atoms with Gasteiger partial charge in [-0.1, -0.05) is 0 Å². The standard InChI is InChI=1S/C12H22N2O5S/c15-12(14-6-8-19-9-7-14)13-4-1-11(2-5-13)3-10-20(16,17)18/h11H,1-10H2,(H,16,17,18). The van der Waals surface area contributed by atoms with Gasteiger partial charge in [-0.2, -0.15) is 0 Å². The van der Waals surface area contributed by atoms with E-state index in [1.807, 2.05) is 4.90 Å². The molecule has 2 aliphatic rings. The van der Waals surface area contributed by atoms with Crippen LogP contribution in [0.25, 0.3) is 0 Å². The van der Waals surface area contributed by atoms with Crippen LogP contribution in [0.1, 0.15) is 19.3 Å². The fourth-order valence-electron chi connectivity index (χ4n) is 2.83. The second kappa shape index (κ2) is 6.84. The predicted octanol–water partition coefficient (Wildman–Crippen LogP) is -1.33. The van der Waals surface area contributed by atoms with E-state index in [0.717, 1.165) is 30.8 Å². The minimum Gasteiger partial charge on any atom is -0.748 e. The summed E-state index contributed by atoms with van der Waals surface area (Å²) < 4.78 is 37.1. The summed E-state index contributed by atoms with van der Waals surface area (Å²) in [5, 5.41) is 0. The molecule has 0 unspecified atom stereocenters. The third-order valence-electron chi connectivity index (χ3n) is 4.09. The fraction of sp³-hybridized carbons (Fsp3) is 0.917. The zero-order valence-corrected chi connectivity index (χ0v) is 12.4. The molecule has 7 nitrogen and oxygen atoms in total. The number of rotatable bonds is 3. The Morgan fingerprint density at radius 3 is 2.40 bits per heavy atom. The molecule has 2 saturated heterocycles. The van der Waals surface area contributed by atoms with Gasteiger partial charge in [-0.3, -0.25) is 9.80 Å². The van der Waals surface area contributed by atoms with Crippen molar-refractivity contribution in [1.29, 1.82) is 0 Å². The lowest BCUT2D eigenvalue weighted by atomic mass is 9.94. The first-order valence-electron chi connectivity index (χ1n) is 7.11. The lowest BCUT2D eigenvalue weighted by Crippen LogP contribution is -3.17. The van der Waals surface area contributed by atoms with E-state index < -0.39 is 10.1 Å². The van der Waals surface area contributed by atoms with Crippen molar-refractivity contribution in [2.24, 2.45) is 5.92 Å². The van der Waals surface area contributed by atoms with Crippen LogP contribution in [0.4, 0.5) is 4.79 Å². The molecule has 116 valence electrons. The van der Waals surface area contributed by atoms with E-state index >= 15 is 0 Å². The number of piperidine rings is 1. The van der Waals surface area contributed by atoms with Gasteiger partial charge >= 0.3 is 6.03 Å². The van der Waals surface area contributed by atoms with E-state index in [9.17, 15) is 17.8 Å². The molecule has 0 aromatic heterocycles. The number of urea groups is 1. The van der Waals surface area contributed by atoms with Crippen molar-refractivity contribution in [2.75, 3.05) is 45.1 Å². The zero-order valence-electron chi connectivity index (χ0n) is 11.5. The SMILES string of the molecule is O=C(N1CCOCC1)[NH+]1CCC(CCS(=O)(=O)[O-])CC1. The maximum atomic E-state index is 12.3. The Bertz CT molecular complexity index is 425. The van der Waals surface area contributed by atoms with E-state index in [2.05, 4.69) is 0 Å². The minimum absolute atomic E-state index is 0.128. The highest BCUT2D eigenvalue weighted by molar-refractivity contribution is 7.85. The molecular weight excluding hydrogens is 284 g/mol. The number of ether oxygens (including phenoxy) is 1. The van der Waals surface area contributed by atoms with E-state index in [4.69, 9.17) is 4.74 Å². The first kappa shape index (κ1) is 15.7. The number of amides is 2. The number of morpholine rings is 1. The molecule has 2 aliphatic heterocycles. The molecule has 1 N–H and O–H groups in total. The highest BCUT2D eigenvalue weighted by atomic mass is 32.2. The Morgan fingerprint density at radius 1 is 1.25 bits per heavy atom. The Hall–Kier alpha value is -0.700. The van der Waals surface area contributed by atoms with Crippen LogP contribution in [0, 0.1) is 5.92 Å². The molecule has 20 heavy (non-hydrogen) atoms. The number of hydrogen-bond acceptors (Lipinski definition) is 5. The van der Waals surface area contributed by atoms with Crippen molar-refractivity contribution in [1.82, 2.24) is 4.90 Å². The van der Waals surface area contributed by atoms with E-state index in [1.54, 1.807) is 0 Å². The lowest BCUT2D eigenvalue weighted by molar-refractivity contribution is -0.827. The van der Waals surface area contributed by atoms with Crippen LogP contribution in [-0.4, -0.2) is 69.0 Å². The normalized spacial score (nSPS) is 28.4. The van der Waals surface area contributed by atoms with E-state index in [1.165, 1.54) is 0 Å². The van der Waals surface area contributed by atoms with Gasteiger partial charge in [-0.05, 0) is 12.3 Å². The molecule has 2 rings (SSSR count). The highest BCUT2D eigenvalue weighted by Crippen LogP contribution is 2.15. The van der Waals surface area contributed by atoms with Crippen LogP contribution in [0.15, 0.2) is 0 Å². The average Bonchev–Trinajstić information content (AvgIpc) is 2.45. The average molecular weight is 306 g/mol. The van der Waals surface area contributed by atoms with Crippen molar-refractivity contribution >= 4 is 16.1 Å². The summed E-state index contributed by atoms with van der Waals surface area (Å²) in [6.45, 7) is 3.95. The van der Waals surface area contributed by atoms with E-state index in [-0.39, 0.29) is 17.7 Å². The van der Waals surface area contributed by atoms with Crippen LogP contribution < -0.4 is 4.90 Å². The summed E-state index contributed by atoms with van der Waals surface area (Å²) in [6.07, 6.45) is 2.03. The number of carbonyl (C=O) groups is 1. The van der Waals surface area contributed by atoms with Crippen LogP contribution in [0.5, 0.6) is 0 Å². The molecule has 0 spiro atoms. The van der Waals surface area contributed by atoms with Gasteiger partial charge in [0.25, 0.3) is 0 Å². The smallest absolute Gasteiger partial charge is 0.417 e. The van der Waals surface area contributed by atoms with Gasteiger partial charge in [-0.25, -0.2) is 13.2 Å². The number of likely N-dealkylation sites (tertiary alicyclic amines) is 1. The van der Waals surface area contributed by atoms with Crippen LogP contribution in [0.2, 0.25) is 0 Å². The van der Waals surface area contributed by atoms with Crippen molar-refractivity contribution in [3.05, 3.63) is 0 Å². The van der Waals surface area contributed by atoms with Gasteiger partial charge in [0.1, 0.15) is 0 Å². The van der Waals surface area contributed by atoms with Gasteiger partial charge < -0.3 is 9.29 Å². The predicted molar refractivity (Wildman–Crippen MR) is 70.4 cm³/mol. The molecule has 0 saturated carbocycles. The summed E-state index contributed by atoms with van der Waals surface area (Å²) in [5.74, 6) is -0.0373. The first-order chi connectivity index (χ1) is 9.46. The van der Waals surface area contributed by atoms with Crippen molar-refractivity contribution in [3.8, 4) is 0 Å². The Kier molecular flexibility index (Phi) is 5.36. The molecule has 0 radical (unpaired) electrons. The van der Waals surface area contributed by atoms with Crippen LogP contribution in [0.3, 0.4) is 0 Å². The van der Waals surface area contributed by atoms with Gasteiger partial charge in [0.05, 0.1) is 36.4 Å². The number of carbonyl (C=O) groups excluding carboxylic acids is 1. The number of quaternary nitrogens is 1. The molecule has 0 bridgehead atoms. The topological polar surface area (TPSA) is 91.2 Å². The number of nitrogens with zero attached hydrogens (tertiary/aromatic N) is 1. The molecule has 2 heterocycles. The Balaban J connectivity index is 1.74. The van der Waals surface area contributed by atoms with Crippen LogP contribution >= 0.6 is 0 Å². The monoisotopic (exact) mass is 306 g/mol. The van der Waals surface area contributed by atoms with Crippen molar-refractivity contribution in [3.63, 3.8) is 0 Å².